The number of unbranched alkanes of at least 4 members (excludes halogenated alkanes) is 4. The Morgan fingerprint density at radius 1 is 0.608 bits per heavy atom. The quantitative estimate of drug-likeness (QED) is 0.00771. The maximum atomic E-state index is 12.5. The zero-order valence-corrected chi connectivity index (χ0v) is 71.4. The molecule has 0 bridgehead atoms. The topological polar surface area (TPSA) is 209 Å². The van der Waals surface area contributed by atoms with Crippen molar-refractivity contribution in [2.24, 2.45) is 35.5 Å². The molecule has 0 aliphatic heterocycles. The van der Waals surface area contributed by atoms with Crippen molar-refractivity contribution < 1.29 is 177 Å². The molecule has 15 nitrogen and oxygen atoms in total. The molecule has 4 aliphatic rings. The van der Waals surface area contributed by atoms with Crippen molar-refractivity contribution in [3.63, 3.8) is 0 Å². The van der Waals surface area contributed by atoms with Gasteiger partial charge in [0.2, 0.25) is 0 Å². The van der Waals surface area contributed by atoms with Crippen molar-refractivity contribution in [1.29, 1.82) is 0 Å². The van der Waals surface area contributed by atoms with E-state index in [9.17, 15) is 24.9 Å². The summed E-state index contributed by atoms with van der Waals surface area (Å²) in [6.07, 6.45) is 20.7. The van der Waals surface area contributed by atoms with Gasteiger partial charge in [0.1, 0.15) is 30.0 Å². The monoisotopic (exact) mass is 1500 g/mol. The molecule has 2 saturated carbocycles. The van der Waals surface area contributed by atoms with Crippen LogP contribution in [0, 0.1) is 35.5 Å². The van der Waals surface area contributed by atoms with Crippen LogP contribution in [0.15, 0.2) is 97.1 Å². The molecule has 0 amide bonds. The summed E-state index contributed by atoms with van der Waals surface area (Å²) in [7, 11) is -3.85. The second-order valence-electron chi connectivity index (χ2n) is 29.6. The molecule has 20 heteroatoms. The second-order valence-corrected chi connectivity index (χ2v) is 39.7. The molecule has 0 radical (unpaired) electrons. The first-order chi connectivity index (χ1) is 45.3. The number of phenols is 1. The summed E-state index contributed by atoms with van der Waals surface area (Å²) in [5.41, 5.74) is 7.04. The van der Waals surface area contributed by atoms with Crippen LogP contribution in [0.1, 0.15) is 180 Å². The van der Waals surface area contributed by atoms with Crippen LogP contribution in [-0.2, 0) is 86.0 Å². The molecule has 0 heterocycles. The fourth-order valence-corrected chi connectivity index (χ4v) is 16.8. The predicted octanol–water partition coefficient (Wildman–Crippen LogP) is 9.84. The first kappa shape index (κ1) is 90.0. The number of rotatable bonds is 33. The number of aromatic hydroxyl groups is 1. The molecule has 97 heavy (non-hydrogen) atoms. The van der Waals surface area contributed by atoms with E-state index in [0.717, 1.165) is 93.9 Å². The molecule has 10 atom stereocenters. The minimum Gasteiger partial charge on any atom is -1.00 e. The van der Waals surface area contributed by atoms with Gasteiger partial charge in [-0.2, -0.15) is 0 Å². The molecule has 4 aliphatic carbocycles. The van der Waals surface area contributed by atoms with Gasteiger partial charge in [-0.05, 0) is 194 Å². The molecule has 8 rings (SSSR count). The number of aliphatic hydroxyl groups excluding tert-OH is 2. The summed E-state index contributed by atoms with van der Waals surface area (Å²) in [6, 6.07) is 31.7. The Kier molecular flexibility index (Phi) is 43.2. The van der Waals surface area contributed by atoms with Gasteiger partial charge >= 0.3 is 115 Å². The van der Waals surface area contributed by atoms with Crippen LogP contribution in [0.4, 0.5) is 0 Å². The Bertz CT molecular complexity index is 2850. The Hall–Kier alpha value is -1.20. The Morgan fingerprint density at radius 3 is 1.44 bits per heavy atom. The number of carbonyl (C=O) groups excluding carboxylic acids is 3. The van der Waals surface area contributed by atoms with Crippen molar-refractivity contribution >= 4 is 51.0 Å². The third kappa shape index (κ3) is 30.1. The third-order valence-electron chi connectivity index (χ3n) is 20.9. The van der Waals surface area contributed by atoms with Crippen LogP contribution in [0.25, 0.3) is 0 Å². The number of benzene rings is 4. The van der Waals surface area contributed by atoms with E-state index in [4.69, 9.17) is 42.6 Å². The van der Waals surface area contributed by atoms with Crippen LogP contribution in [0.2, 0.25) is 36.3 Å². The second kappa shape index (κ2) is 46.6. The Morgan fingerprint density at radius 2 is 1.03 bits per heavy atom. The first-order valence-electron chi connectivity index (χ1n) is 35.3. The van der Waals surface area contributed by atoms with Crippen molar-refractivity contribution in [2.45, 2.75) is 245 Å². The van der Waals surface area contributed by atoms with E-state index in [-0.39, 0.29) is 183 Å². The van der Waals surface area contributed by atoms with E-state index in [0.29, 0.717) is 67.2 Å². The van der Waals surface area contributed by atoms with Gasteiger partial charge in [-0.25, -0.2) is 4.79 Å². The number of phenolic OH excluding ortho intramolecular Hbond substituents is 1. The Labute approximate surface area is 680 Å². The zero-order chi connectivity index (χ0) is 69.6. The third-order valence-corrected chi connectivity index (χ3v) is 30.4. The number of hydrogen-bond donors (Lipinski definition) is 3. The van der Waals surface area contributed by atoms with Gasteiger partial charge in [0.25, 0.3) is 6.47 Å². The Balaban J connectivity index is 0.000000541. The molecule has 4 aromatic carbocycles. The van der Waals surface area contributed by atoms with Crippen LogP contribution < -0.4 is 113 Å². The number of alkyl halides is 1. The van der Waals surface area contributed by atoms with Gasteiger partial charge in [0.15, 0.2) is 23.2 Å². The molecule has 3 N–H and O–H groups in total. The molecule has 534 valence electrons. The standard InChI is InChI=1S/C38H58O6Si.C29H50O4Si.C9H9BrO2.CH2O3.2K.H/c1-7-8-10-17-31(41-22-21-39)19-20-32-33-23-29-16-13-18-35(42-27-37(40)43-26-28-14-11-9-12-15-28)34(29)24-30(33)25-36(32)44-45(5,6)38(2,3)4;1-7-8-9-12-23(32-17-16-30)14-15-24-25-18-21-11-10-13-27(31)26(21)19-22(25)20-28(24)33-34(5,6)29(2,3)4;10-6-9(11)12-7-8-4-2-1-3-5-8;2-1-4-3;;;/h9,11-16,18,30-33,36,39H,7-8,10,17,19-27H2,1-6H3;10-11,13,22-25,28,30-31H,7-9,12,14-20H2,1-6H3;1-5H,6-7H2;1,3H;;;/q;;;;2*+1;-1/p-1/t30-,31-,32+,33-,36+;22-,23-,24+,25-,28+;;;;;/m00...../s1. The molecule has 0 saturated heterocycles. The van der Waals surface area contributed by atoms with Crippen LogP contribution in [0.3, 0.4) is 0 Å². The fourth-order valence-electron chi connectivity index (χ4n) is 13.8. The number of halogens is 1. The summed E-state index contributed by atoms with van der Waals surface area (Å²) >= 11 is 3.01. The summed E-state index contributed by atoms with van der Waals surface area (Å²) in [4.78, 5) is 34.5. The predicted molar refractivity (Wildman–Crippen MR) is 384 cm³/mol. The van der Waals surface area contributed by atoms with E-state index in [1.165, 1.54) is 60.8 Å². The minimum atomic E-state index is -1.97. The molecule has 0 unspecified atom stereocenters. The fraction of sp³-hybridized carbons (Fsp3) is 0.649. The summed E-state index contributed by atoms with van der Waals surface area (Å²) in [5, 5.41) is 38.3. The number of carbonyl (C=O) groups is 3. The van der Waals surface area contributed by atoms with Crippen LogP contribution >= 0.6 is 15.9 Å². The summed E-state index contributed by atoms with van der Waals surface area (Å²) in [5.74, 6) is 3.94. The van der Waals surface area contributed by atoms with Crippen LogP contribution in [0.5, 0.6) is 11.5 Å². The van der Waals surface area contributed by atoms with Gasteiger partial charge in [-0.3, -0.25) is 9.59 Å². The van der Waals surface area contributed by atoms with Gasteiger partial charge in [-0.1, -0.05) is 195 Å². The van der Waals surface area contributed by atoms with Crippen LogP contribution in [-0.4, -0.2) is 113 Å². The van der Waals surface area contributed by atoms with E-state index in [1.807, 2.05) is 78.9 Å². The maximum absolute atomic E-state index is 12.5. The molecule has 2 fully saturated rings. The van der Waals surface area contributed by atoms with E-state index in [1.54, 1.807) is 0 Å². The normalized spacial score (nSPS) is 20.6. The largest absolute Gasteiger partial charge is 1.00 e. The van der Waals surface area contributed by atoms with Crippen molar-refractivity contribution in [3.05, 3.63) is 130 Å². The van der Waals surface area contributed by atoms with Gasteiger partial charge in [0, 0.05) is 12.2 Å². The van der Waals surface area contributed by atoms with Crippen molar-refractivity contribution in [3.8, 4) is 11.5 Å². The SMILES string of the molecule is CCCCC[C@@H](CC[C@@H]1[C@H]2Cc3cccc(O)c3C[C@H]2C[C@H]1O[Si](C)(C)C(C)(C)C)OCCO.CCCCC[C@@H](CC[C@@H]1[C@H]2Cc3cccc(OCC(=O)OCc4ccccc4)c3C[C@H]2C[C@H]1O[Si](C)(C)C(C)(C)C)OCCO.O=C(CBr)OCc1ccccc1.O=CO[O-].[H-].[K+].[K+]. The molecular weight excluding hydrogens is 1380 g/mol. The minimum absolute atomic E-state index is 0. The summed E-state index contributed by atoms with van der Waals surface area (Å²) in [6.45, 7) is 29.3. The number of aliphatic hydroxyl groups is 2. The van der Waals surface area contributed by atoms with Gasteiger partial charge in [0.05, 0.1) is 38.6 Å². The average Bonchev–Trinajstić information content (AvgIpc) is 1.61. The molecule has 0 aromatic heterocycles. The van der Waals surface area contributed by atoms with Gasteiger partial charge < -0.3 is 59.4 Å². The van der Waals surface area contributed by atoms with Crippen molar-refractivity contribution in [1.82, 2.24) is 0 Å². The number of esters is 2. The zero-order valence-electron chi connectivity index (χ0n) is 62.6. The average molecular weight is 1500 g/mol. The number of fused-ring (bicyclic) bond motifs is 4. The smallest absolute Gasteiger partial charge is 1.00 e. The van der Waals surface area contributed by atoms with E-state index >= 15 is 0 Å². The van der Waals surface area contributed by atoms with E-state index in [2.05, 4.69) is 121 Å². The first-order valence-corrected chi connectivity index (χ1v) is 42.3. The van der Waals surface area contributed by atoms with Crippen molar-refractivity contribution in [2.75, 3.05) is 38.4 Å². The van der Waals surface area contributed by atoms with E-state index < -0.39 is 16.6 Å². The summed E-state index contributed by atoms with van der Waals surface area (Å²) < 4.78 is 43.0. The van der Waals surface area contributed by atoms with Gasteiger partial charge in [-0.15, -0.1) is 0 Å². The number of ether oxygens (including phenoxy) is 5. The molecule has 0 spiro atoms. The number of hydrogen-bond acceptors (Lipinski definition) is 15. The maximum Gasteiger partial charge on any atom is 1.00 e. The molecular formula is C77H119BrK2O15Si2. The molecule has 4 aromatic rings.